The van der Waals surface area contributed by atoms with Crippen LogP contribution in [0.4, 0.5) is 17.3 Å². The summed E-state index contributed by atoms with van der Waals surface area (Å²) in [4.78, 5) is 25.2. The van der Waals surface area contributed by atoms with Crippen molar-refractivity contribution in [1.29, 1.82) is 0 Å². The summed E-state index contributed by atoms with van der Waals surface area (Å²) in [5.74, 6) is -0.538. The van der Waals surface area contributed by atoms with Crippen molar-refractivity contribution in [3.63, 3.8) is 0 Å². The number of carbonyl (C=O) groups excluding carboxylic acids is 1. The van der Waals surface area contributed by atoms with E-state index in [1.165, 1.54) is 9.58 Å². The number of aliphatic imine (C=N–C) groups is 2. The SMILES string of the molecule is CC[n+]1cc(/N=C(/[O-])CSC2=N/C(=C/c3ccc(N(C)C)cc3)C(=O)N2c2ccccc2)on1. The lowest BCUT2D eigenvalue weighted by Gasteiger charge is -2.18. The minimum atomic E-state index is -0.413. The van der Waals surface area contributed by atoms with Crippen molar-refractivity contribution in [1.82, 2.24) is 5.27 Å². The van der Waals surface area contributed by atoms with Crippen LogP contribution in [-0.2, 0) is 11.3 Å². The normalized spacial score (nSPS) is 15.2. The predicted molar refractivity (Wildman–Crippen MR) is 132 cm³/mol. The van der Waals surface area contributed by atoms with Gasteiger partial charge in [-0.05, 0) is 48.7 Å². The average molecular weight is 477 g/mol. The molecular weight excluding hydrogens is 452 g/mol. The summed E-state index contributed by atoms with van der Waals surface area (Å²) in [7, 11) is 3.94. The predicted octanol–water partition coefficient (Wildman–Crippen LogP) is 2.62. The molecule has 0 fully saturated rings. The van der Waals surface area contributed by atoms with E-state index < -0.39 is 5.90 Å². The van der Waals surface area contributed by atoms with Crippen molar-refractivity contribution in [3.05, 3.63) is 72.1 Å². The first-order valence-corrected chi connectivity index (χ1v) is 11.6. The van der Waals surface area contributed by atoms with Crippen LogP contribution >= 0.6 is 11.8 Å². The van der Waals surface area contributed by atoms with Crippen LogP contribution in [0.5, 0.6) is 0 Å². The fourth-order valence-corrected chi connectivity index (χ4v) is 3.97. The van der Waals surface area contributed by atoms with Gasteiger partial charge in [0.25, 0.3) is 12.1 Å². The Kier molecular flexibility index (Phi) is 7.07. The molecule has 174 valence electrons. The van der Waals surface area contributed by atoms with Crippen LogP contribution < -0.4 is 19.6 Å². The summed E-state index contributed by atoms with van der Waals surface area (Å²) >= 11 is 1.15. The maximum atomic E-state index is 13.3. The second kappa shape index (κ2) is 10.3. The van der Waals surface area contributed by atoms with E-state index in [1.54, 1.807) is 12.3 Å². The van der Waals surface area contributed by atoms with Gasteiger partial charge in [-0.25, -0.2) is 9.98 Å². The van der Waals surface area contributed by atoms with Gasteiger partial charge < -0.3 is 10.0 Å². The first-order valence-electron chi connectivity index (χ1n) is 10.7. The van der Waals surface area contributed by atoms with E-state index in [0.717, 1.165) is 23.0 Å². The van der Waals surface area contributed by atoms with Gasteiger partial charge in [0.2, 0.25) is 5.27 Å². The zero-order valence-electron chi connectivity index (χ0n) is 19.1. The lowest BCUT2D eigenvalue weighted by atomic mass is 10.1. The van der Waals surface area contributed by atoms with Crippen molar-refractivity contribution >= 4 is 52.1 Å². The number of aromatic nitrogens is 2. The first kappa shape index (κ1) is 23.2. The highest BCUT2D eigenvalue weighted by Crippen LogP contribution is 2.29. The third kappa shape index (κ3) is 5.34. The summed E-state index contributed by atoms with van der Waals surface area (Å²) < 4.78 is 6.56. The number of rotatable bonds is 7. The Bertz CT molecular complexity index is 1250. The van der Waals surface area contributed by atoms with E-state index in [4.69, 9.17) is 4.52 Å². The minimum absolute atomic E-state index is 0.00686. The summed E-state index contributed by atoms with van der Waals surface area (Å²) in [5, 5.41) is 16.6. The zero-order valence-corrected chi connectivity index (χ0v) is 19.9. The number of hydrogen-bond donors (Lipinski definition) is 0. The van der Waals surface area contributed by atoms with Gasteiger partial charge in [0.05, 0.1) is 5.69 Å². The Morgan fingerprint density at radius 3 is 2.59 bits per heavy atom. The number of amides is 1. The van der Waals surface area contributed by atoms with Gasteiger partial charge in [-0.15, -0.1) is 0 Å². The van der Waals surface area contributed by atoms with Crippen LogP contribution in [0.15, 0.2) is 81.0 Å². The van der Waals surface area contributed by atoms with Crippen LogP contribution in [0, 0.1) is 0 Å². The largest absolute Gasteiger partial charge is 0.861 e. The molecule has 2 aromatic carbocycles. The topological polar surface area (TPSA) is 101 Å². The standard InChI is InChI=1S/C24H24N6O3S/c1-4-29-15-22(33-27-29)26-21(31)16-34-24-25-20(14-17-10-12-18(13-11-17)28(2)3)23(32)30(24)19-8-6-5-7-9-19/h5-15H,4,16H2,1-3H3/b20-14+. The van der Waals surface area contributed by atoms with Crippen molar-refractivity contribution < 1.29 is 19.1 Å². The molecule has 1 aliphatic heterocycles. The Morgan fingerprint density at radius 1 is 1.21 bits per heavy atom. The molecule has 0 unspecified atom stereocenters. The van der Waals surface area contributed by atoms with E-state index in [-0.39, 0.29) is 17.5 Å². The molecule has 10 heteroatoms. The summed E-state index contributed by atoms with van der Waals surface area (Å²) in [6.45, 7) is 2.51. The molecule has 0 saturated carbocycles. The number of carbonyl (C=O) groups is 1. The molecule has 1 aromatic heterocycles. The fourth-order valence-electron chi connectivity index (χ4n) is 3.17. The Balaban J connectivity index is 1.58. The lowest BCUT2D eigenvalue weighted by Crippen LogP contribution is -2.32. The summed E-state index contributed by atoms with van der Waals surface area (Å²) in [5.41, 5.74) is 2.89. The molecular formula is C24H24N6O3S. The number of thioether (sulfide) groups is 1. The van der Waals surface area contributed by atoms with Gasteiger partial charge in [-0.2, -0.15) is 0 Å². The summed E-state index contributed by atoms with van der Waals surface area (Å²) in [6, 6.07) is 17.1. The second-order valence-corrected chi connectivity index (χ2v) is 8.52. The van der Waals surface area contributed by atoms with Crippen molar-refractivity contribution in [2.24, 2.45) is 9.98 Å². The van der Waals surface area contributed by atoms with Crippen molar-refractivity contribution in [3.8, 4) is 0 Å². The number of para-hydroxylation sites is 1. The molecule has 0 saturated heterocycles. The van der Waals surface area contributed by atoms with Crippen LogP contribution in [0.2, 0.25) is 0 Å². The van der Waals surface area contributed by atoms with E-state index in [9.17, 15) is 9.90 Å². The van der Waals surface area contributed by atoms with Crippen LogP contribution in [0.3, 0.4) is 0 Å². The molecule has 9 nitrogen and oxygen atoms in total. The summed E-state index contributed by atoms with van der Waals surface area (Å²) in [6.07, 6.45) is 3.30. The maximum Gasteiger partial charge on any atom is 0.320 e. The molecule has 34 heavy (non-hydrogen) atoms. The molecule has 0 N–H and O–H groups in total. The van der Waals surface area contributed by atoms with E-state index >= 15 is 0 Å². The van der Waals surface area contributed by atoms with Gasteiger partial charge in [-0.3, -0.25) is 14.2 Å². The van der Waals surface area contributed by atoms with Crippen molar-refractivity contribution in [2.45, 2.75) is 13.5 Å². The minimum Gasteiger partial charge on any atom is -0.861 e. The van der Waals surface area contributed by atoms with Gasteiger partial charge in [-0.1, -0.05) is 46.8 Å². The molecule has 4 rings (SSSR count). The molecule has 0 atom stereocenters. The number of hydrogen-bond acceptors (Lipinski definition) is 8. The van der Waals surface area contributed by atoms with Crippen LogP contribution in [-0.4, -0.2) is 42.1 Å². The highest BCUT2D eigenvalue weighted by atomic mass is 32.2. The molecule has 0 spiro atoms. The quantitative estimate of drug-likeness (QED) is 0.225. The highest BCUT2D eigenvalue weighted by Gasteiger charge is 2.31. The maximum absolute atomic E-state index is 13.3. The van der Waals surface area contributed by atoms with E-state index in [2.05, 4.69) is 15.3 Å². The molecule has 0 radical (unpaired) electrons. The van der Waals surface area contributed by atoms with E-state index in [1.807, 2.05) is 80.5 Å². The van der Waals surface area contributed by atoms with Crippen LogP contribution in [0.25, 0.3) is 6.08 Å². The van der Waals surface area contributed by atoms with Gasteiger partial charge >= 0.3 is 5.88 Å². The van der Waals surface area contributed by atoms with Gasteiger partial charge in [0.15, 0.2) is 11.7 Å². The number of benzene rings is 2. The molecule has 3 aromatic rings. The number of aryl methyl sites for hydroxylation is 1. The lowest BCUT2D eigenvalue weighted by molar-refractivity contribution is -0.759. The Labute approximate surface area is 201 Å². The molecule has 0 bridgehead atoms. The molecule has 1 amide bonds. The number of anilines is 2. The monoisotopic (exact) mass is 476 g/mol. The molecule has 0 aliphatic carbocycles. The number of nitrogens with zero attached hydrogens (tertiary/aromatic N) is 6. The zero-order chi connectivity index (χ0) is 24.1. The third-order valence-electron chi connectivity index (χ3n) is 4.94. The fraction of sp³-hybridized carbons (Fsp3) is 0.208. The highest BCUT2D eigenvalue weighted by molar-refractivity contribution is 8.14. The van der Waals surface area contributed by atoms with Crippen molar-refractivity contribution in [2.75, 3.05) is 29.6 Å². The molecule has 2 heterocycles. The third-order valence-corrected chi connectivity index (χ3v) is 5.86. The average Bonchev–Trinajstić information content (AvgIpc) is 3.42. The van der Waals surface area contributed by atoms with E-state index in [0.29, 0.717) is 23.1 Å². The Hall–Kier alpha value is -3.92. The molecule has 1 aliphatic rings. The number of amidine groups is 1. The Morgan fingerprint density at radius 2 is 1.94 bits per heavy atom. The first-order chi connectivity index (χ1) is 16.4. The van der Waals surface area contributed by atoms with Crippen LogP contribution in [0.1, 0.15) is 12.5 Å². The second-order valence-electron chi connectivity index (χ2n) is 7.58. The van der Waals surface area contributed by atoms with Gasteiger partial charge in [0, 0.05) is 25.5 Å². The smallest absolute Gasteiger partial charge is 0.320 e. The van der Waals surface area contributed by atoms with Gasteiger partial charge in [0.1, 0.15) is 5.70 Å².